The minimum Gasteiger partial charge on any atom is -0.383 e. The van der Waals surface area contributed by atoms with Crippen molar-refractivity contribution in [1.29, 1.82) is 0 Å². The number of likely N-dealkylation sites (tertiary alicyclic amines) is 1. The number of pyridine rings is 1. The van der Waals surface area contributed by atoms with Gasteiger partial charge < -0.3 is 19.3 Å². The van der Waals surface area contributed by atoms with Crippen LogP contribution >= 0.6 is 11.6 Å². The van der Waals surface area contributed by atoms with Gasteiger partial charge in [0.05, 0.1) is 30.3 Å². The Morgan fingerprint density at radius 3 is 2.50 bits per heavy atom. The summed E-state index contributed by atoms with van der Waals surface area (Å²) in [4.78, 5) is 37.1. The first-order valence-corrected chi connectivity index (χ1v) is 14.6. The highest BCUT2D eigenvalue weighted by molar-refractivity contribution is 6.30. The number of aromatic nitrogens is 1. The fourth-order valence-electron chi connectivity index (χ4n) is 5.96. The first kappa shape index (κ1) is 32.2. The van der Waals surface area contributed by atoms with Crippen molar-refractivity contribution in [2.45, 2.75) is 44.4 Å². The van der Waals surface area contributed by atoms with Crippen molar-refractivity contribution in [2.75, 3.05) is 60.2 Å². The lowest BCUT2D eigenvalue weighted by Crippen LogP contribution is -2.55. The molecule has 2 aromatic rings. The van der Waals surface area contributed by atoms with Crippen LogP contribution in [0.2, 0.25) is 5.02 Å². The molecular formula is C30H38ClF3N4O4. The van der Waals surface area contributed by atoms with Gasteiger partial charge >= 0.3 is 6.18 Å². The van der Waals surface area contributed by atoms with Crippen LogP contribution in [0.15, 0.2) is 36.7 Å². The van der Waals surface area contributed by atoms with E-state index >= 15 is 0 Å². The van der Waals surface area contributed by atoms with E-state index < -0.39 is 35.2 Å². The van der Waals surface area contributed by atoms with Crippen molar-refractivity contribution in [3.8, 4) is 0 Å². The standard InChI is InChI=1S/C30H38ClF3N4O4/c1-41-16-14-36(15-17-42-2)12-9-27-24(28(39)37-13-8-21-18-23(31)6-5-22(21)20-37)4-3-11-38(27)29(40)25-19-35-10-7-26(25)30(32,33)34/h5-7,10,18-19,24,27H,3-4,8-9,11-17,20H2,1-2H3/t24-,27-/m1/s1. The molecule has 1 fully saturated rings. The maximum absolute atomic E-state index is 14.1. The molecule has 2 amide bonds. The van der Waals surface area contributed by atoms with Gasteiger partial charge in [0.2, 0.25) is 5.91 Å². The molecule has 0 N–H and O–H groups in total. The molecule has 4 rings (SSSR count). The van der Waals surface area contributed by atoms with Gasteiger partial charge in [0, 0.05) is 76.9 Å². The molecule has 2 aliphatic rings. The first-order valence-electron chi connectivity index (χ1n) is 14.2. The summed E-state index contributed by atoms with van der Waals surface area (Å²) in [6.07, 6.45) is -0.570. The van der Waals surface area contributed by atoms with Gasteiger partial charge in [0.15, 0.2) is 0 Å². The SMILES string of the molecule is COCCN(CCOC)CC[C@@H]1[C@H](C(=O)N2CCc3cc(Cl)ccc3C2)CCCN1C(=O)c1cnccc1C(F)(F)F. The average Bonchev–Trinajstić information content (AvgIpc) is 2.99. The second-order valence-corrected chi connectivity index (χ2v) is 11.2. The molecule has 2 aliphatic heterocycles. The largest absolute Gasteiger partial charge is 0.417 e. The molecule has 8 nitrogen and oxygen atoms in total. The summed E-state index contributed by atoms with van der Waals surface area (Å²) in [5, 5.41) is 0.648. The predicted molar refractivity (Wildman–Crippen MR) is 152 cm³/mol. The number of benzene rings is 1. The van der Waals surface area contributed by atoms with Crippen LogP contribution in [-0.2, 0) is 33.4 Å². The number of fused-ring (bicyclic) bond motifs is 1. The van der Waals surface area contributed by atoms with E-state index in [9.17, 15) is 22.8 Å². The molecule has 1 saturated heterocycles. The lowest BCUT2D eigenvalue weighted by molar-refractivity contribution is -0.141. The highest BCUT2D eigenvalue weighted by Crippen LogP contribution is 2.35. The van der Waals surface area contributed by atoms with Gasteiger partial charge in [0.1, 0.15) is 0 Å². The summed E-state index contributed by atoms with van der Waals surface area (Å²) in [6.45, 7) is 3.93. The average molecular weight is 611 g/mol. The van der Waals surface area contributed by atoms with Gasteiger partial charge in [0.25, 0.3) is 5.91 Å². The predicted octanol–water partition coefficient (Wildman–Crippen LogP) is 4.54. The smallest absolute Gasteiger partial charge is 0.383 e. The lowest BCUT2D eigenvalue weighted by Gasteiger charge is -2.44. The van der Waals surface area contributed by atoms with E-state index in [0.717, 1.165) is 29.6 Å². The van der Waals surface area contributed by atoms with Crippen molar-refractivity contribution in [1.82, 2.24) is 19.7 Å². The van der Waals surface area contributed by atoms with Gasteiger partial charge in [-0.1, -0.05) is 17.7 Å². The minimum atomic E-state index is -4.71. The Balaban J connectivity index is 1.62. The maximum atomic E-state index is 14.1. The van der Waals surface area contributed by atoms with E-state index in [1.165, 1.54) is 4.90 Å². The molecular weight excluding hydrogens is 573 g/mol. The number of amides is 2. The monoisotopic (exact) mass is 610 g/mol. The van der Waals surface area contributed by atoms with Crippen LogP contribution in [0, 0.1) is 5.92 Å². The Morgan fingerprint density at radius 1 is 1.07 bits per heavy atom. The zero-order chi connectivity index (χ0) is 30.3. The molecule has 1 aromatic carbocycles. The summed E-state index contributed by atoms with van der Waals surface area (Å²) in [7, 11) is 3.23. The summed E-state index contributed by atoms with van der Waals surface area (Å²) in [5.41, 5.74) is 0.604. The third-order valence-electron chi connectivity index (χ3n) is 8.17. The quantitative estimate of drug-likeness (QED) is 0.372. The summed E-state index contributed by atoms with van der Waals surface area (Å²) in [5.74, 6) is -1.38. The third-order valence-corrected chi connectivity index (χ3v) is 8.41. The van der Waals surface area contributed by atoms with E-state index in [2.05, 4.69) is 9.88 Å². The number of carbonyl (C=O) groups is 2. The van der Waals surface area contributed by atoms with Crippen molar-refractivity contribution in [3.05, 3.63) is 63.9 Å². The second-order valence-electron chi connectivity index (χ2n) is 10.8. The van der Waals surface area contributed by atoms with E-state index in [1.54, 1.807) is 25.2 Å². The fourth-order valence-corrected chi connectivity index (χ4v) is 6.15. The molecule has 0 unspecified atom stereocenters. The topological polar surface area (TPSA) is 75.2 Å². The van der Waals surface area contributed by atoms with Crippen LogP contribution in [-0.4, -0.2) is 97.7 Å². The molecule has 12 heteroatoms. The maximum Gasteiger partial charge on any atom is 0.417 e. The number of hydrogen-bond acceptors (Lipinski definition) is 6. The normalized spacial score (nSPS) is 19.2. The summed E-state index contributed by atoms with van der Waals surface area (Å²) in [6, 6.07) is 5.89. The summed E-state index contributed by atoms with van der Waals surface area (Å²) < 4.78 is 52.1. The van der Waals surface area contributed by atoms with Crippen molar-refractivity contribution in [3.63, 3.8) is 0 Å². The number of rotatable bonds is 11. The zero-order valence-corrected chi connectivity index (χ0v) is 24.8. The van der Waals surface area contributed by atoms with Gasteiger partial charge in [-0.25, -0.2) is 0 Å². The first-order chi connectivity index (χ1) is 20.1. The molecule has 1 aromatic heterocycles. The van der Waals surface area contributed by atoms with Crippen molar-refractivity contribution >= 4 is 23.4 Å². The number of halogens is 4. The third kappa shape index (κ3) is 7.80. The van der Waals surface area contributed by atoms with Crippen molar-refractivity contribution < 1.29 is 32.2 Å². The molecule has 42 heavy (non-hydrogen) atoms. The van der Waals surface area contributed by atoms with Crippen molar-refractivity contribution in [2.24, 2.45) is 5.92 Å². The molecule has 0 bridgehead atoms. The van der Waals surface area contributed by atoms with E-state index in [-0.39, 0.29) is 12.5 Å². The Kier molecular flexibility index (Phi) is 11.2. The molecule has 0 saturated carbocycles. The molecule has 0 spiro atoms. The zero-order valence-electron chi connectivity index (χ0n) is 24.0. The lowest BCUT2D eigenvalue weighted by atomic mass is 9.84. The Bertz CT molecular complexity index is 1220. The van der Waals surface area contributed by atoms with E-state index in [0.29, 0.717) is 76.6 Å². The number of hydrogen-bond donors (Lipinski definition) is 0. The molecule has 2 atom stereocenters. The van der Waals surface area contributed by atoms with Crippen LogP contribution in [0.1, 0.15) is 46.3 Å². The highest BCUT2D eigenvalue weighted by atomic mass is 35.5. The van der Waals surface area contributed by atoms with Crippen LogP contribution < -0.4 is 0 Å². The van der Waals surface area contributed by atoms with Gasteiger partial charge in [-0.15, -0.1) is 0 Å². The number of alkyl halides is 3. The highest BCUT2D eigenvalue weighted by Gasteiger charge is 2.43. The van der Waals surface area contributed by atoms with Gasteiger partial charge in [-0.05, 0) is 55.0 Å². The molecule has 230 valence electrons. The number of carbonyl (C=O) groups excluding carboxylic acids is 2. The number of ether oxygens (including phenoxy) is 2. The number of methoxy groups -OCH3 is 2. The Morgan fingerprint density at radius 2 is 1.81 bits per heavy atom. The number of piperidine rings is 1. The minimum absolute atomic E-state index is 0.0827. The number of nitrogens with zero attached hydrogens (tertiary/aromatic N) is 4. The molecule has 0 aliphatic carbocycles. The van der Waals surface area contributed by atoms with E-state index in [1.807, 2.05) is 12.1 Å². The fraction of sp³-hybridized carbons (Fsp3) is 0.567. The van der Waals surface area contributed by atoms with Gasteiger partial charge in [-0.2, -0.15) is 13.2 Å². The van der Waals surface area contributed by atoms with Crippen LogP contribution in [0.25, 0.3) is 0 Å². The van der Waals surface area contributed by atoms with Crippen LogP contribution in [0.4, 0.5) is 13.2 Å². The summed E-state index contributed by atoms with van der Waals surface area (Å²) >= 11 is 6.16. The van der Waals surface area contributed by atoms with Crippen LogP contribution in [0.5, 0.6) is 0 Å². The molecule has 3 heterocycles. The Hall–Kier alpha value is -2.73. The second kappa shape index (κ2) is 14.6. The van der Waals surface area contributed by atoms with Gasteiger partial charge in [-0.3, -0.25) is 19.5 Å². The van der Waals surface area contributed by atoms with Crippen LogP contribution in [0.3, 0.4) is 0 Å². The van der Waals surface area contributed by atoms with E-state index in [4.69, 9.17) is 21.1 Å². The Labute approximate surface area is 249 Å². The molecule has 0 radical (unpaired) electrons.